The molecule has 15 heteroatoms. The van der Waals surface area contributed by atoms with Crippen LogP contribution >= 0.6 is 69.5 Å². The first-order valence-corrected chi connectivity index (χ1v) is 17.0. The smallest absolute Gasteiger partial charge is 0.338 e. The minimum atomic E-state index is -1.51. The number of methoxy groups -OCH3 is 2. The van der Waals surface area contributed by atoms with Gasteiger partial charge in [-0.3, -0.25) is 9.59 Å². The van der Waals surface area contributed by atoms with Gasteiger partial charge in [0.1, 0.15) is 5.25 Å². The molecule has 0 saturated carbocycles. The standard InChI is InChI=1S/C33H23Cl4N3O6S2/c1-45-21-12-11-17(13-22(21)46-2)20-15-47-33(39-20)40-31(42)29(16-7-4-3-5-8-16)48-19-10-6-9-18(14-19)38-30(41)23-24(32(43)44)26(35)28(37)27(36)25(23)34/h3-15,29H,1-2H3,(H,38,41)(H,43,44)(H,39,40,42). The molecular weight excluding hydrogens is 740 g/mol. The predicted octanol–water partition coefficient (Wildman–Crippen LogP) is 9.86. The maximum Gasteiger partial charge on any atom is 0.338 e. The van der Waals surface area contributed by atoms with E-state index in [0.717, 1.165) is 11.1 Å². The zero-order valence-corrected chi connectivity index (χ0v) is 29.5. The van der Waals surface area contributed by atoms with Crippen molar-refractivity contribution in [2.45, 2.75) is 10.1 Å². The summed E-state index contributed by atoms with van der Waals surface area (Å²) < 4.78 is 10.7. The Morgan fingerprint density at radius 1 is 0.812 bits per heavy atom. The summed E-state index contributed by atoms with van der Waals surface area (Å²) in [4.78, 5) is 44.2. The van der Waals surface area contributed by atoms with Crippen LogP contribution in [0.3, 0.4) is 0 Å². The third-order valence-corrected chi connectivity index (χ3v) is 10.6. The molecule has 1 aromatic heterocycles. The average molecular weight is 764 g/mol. The second kappa shape index (κ2) is 15.5. The molecule has 0 aliphatic heterocycles. The van der Waals surface area contributed by atoms with Crippen molar-refractivity contribution in [2.24, 2.45) is 0 Å². The summed E-state index contributed by atoms with van der Waals surface area (Å²) in [7, 11) is 3.11. The highest BCUT2D eigenvalue weighted by atomic mass is 35.5. The number of hydrogen-bond acceptors (Lipinski definition) is 8. The zero-order chi connectivity index (χ0) is 34.5. The van der Waals surface area contributed by atoms with Gasteiger partial charge in [-0.05, 0) is 42.0 Å². The van der Waals surface area contributed by atoms with E-state index in [4.69, 9.17) is 55.9 Å². The minimum Gasteiger partial charge on any atom is -0.493 e. The number of carbonyl (C=O) groups is 3. The van der Waals surface area contributed by atoms with Gasteiger partial charge in [-0.2, -0.15) is 0 Å². The number of carboxylic acids is 1. The fraction of sp³-hybridized carbons (Fsp3) is 0.0909. The van der Waals surface area contributed by atoms with E-state index in [1.807, 2.05) is 41.8 Å². The lowest BCUT2D eigenvalue weighted by molar-refractivity contribution is -0.115. The molecule has 3 N–H and O–H groups in total. The van der Waals surface area contributed by atoms with Crippen molar-refractivity contribution in [2.75, 3.05) is 24.9 Å². The Labute approximate surface area is 303 Å². The Morgan fingerprint density at radius 3 is 2.17 bits per heavy atom. The molecule has 0 aliphatic carbocycles. The quantitative estimate of drug-likeness (QED) is 0.0690. The van der Waals surface area contributed by atoms with E-state index in [1.165, 1.54) is 23.1 Å². The molecule has 2 amide bonds. The third kappa shape index (κ3) is 7.67. The molecule has 5 rings (SSSR count). The highest BCUT2D eigenvalue weighted by molar-refractivity contribution is 8.00. The third-order valence-electron chi connectivity index (χ3n) is 6.81. The summed E-state index contributed by atoms with van der Waals surface area (Å²) in [5.41, 5.74) is 1.44. The normalized spacial score (nSPS) is 11.5. The number of carboxylic acid groups (broad SMARTS) is 1. The summed E-state index contributed by atoms with van der Waals surface area (Å²) in [5.74, 6) is -1.56. The zero-order valence-electron chi connectivity index (χ0n) is 24.8. The number of halogens is 4. The van der Waals surface area contributed by atoms with Gasteiger partial charge in [0.2, 0.25) is 5.91 Å². The summed E-state index contributed by atoms with van der Waals surface area (Å²) in [6, 6.07) is 21.3. The van der Waals surface area contributed by atoms with Crippen LogP contribution in [-0.4, -0.2) is 42.1 Å². The summed E-state index contributed by atoms with van der Waals surface area (Å²) in [5, 5.41) is 15.5. The molecule has 1 atom stereocenters. The first-order chi connectivity index (χ1) is 23.0. The van der Waals surface area contributed by atoms with Gasteiger partial charge in [0, 0.05) is 21.5 Å². The van der Waals surface area contributed by atoms with E-state index >= 15 is 0 Å². The Morgan fingerprint density at radius 2 is 1.50 bits per heavy atom. The predicted molar refractivity (Wildman–Crippen MR) is 192 cm³/mol. The number of anilines is 2. The first-order valence-electron chi connectivity index (χ1n) is 13.7. The maximum absolute atomic E-state index is 13.7. The number of thioether (sulfide) groups is 1. The molecule has 246 valence electrons. The van der Waals surface area contributed by atoms with Crippen LogP contribution in [0.1, 0.15) is 31.5 Å². The topological polar surface area (TPSA) is 127 Å². The van der Waals surface area contributed by atoms with Gasteiger partial charge in [-0.15, -0.1) is 23.1 Å². The van der Waals surface area contributed by atoms with E-state index in [1.54, 1.807) is 50.6 Å². The van der Waals surface area contributed by atoms with Crippen molar-refractivity contribution >= 4 is 98.1 Å². The van der Waals surface area contributed by atoms with Crippen molar-refractivity contribution in [3.05, 3.63) is 115 Å². The van der Waals surface area contributed by atoms with Crippen LogP contribution in [0, 0.1) is 0 Å². The van der Waals surface area contributed by atoms with E-state index < -0.39 is 33.3 Å². The number of carbonyl (C=O) groups excluding carboxylic acids is 2. The highest BCUT2D eigenvalue weighted by Gasteiger charge is 2.29. The van der Waals surface area contributed by atoms with Gasteiger partial charge in [0.25, 0.3) is 5.91 Å². The van der Waals surface area contributed by atoms with Gasteiger partial charge in [0.15, 0.2) is 16.6 Å². The highest BCUT2D eigenvalue weighted by Crippen LogP contribution is 2.42. The number of aromatic nitrogens is 1. The molecule has 0 saturated heterocycles. The van der Waals surface area contributed by atoms with Gasteiger partial charge in [0.05, 0.1) is 51.1 Å². The van der Waals surface area contributed by atoms with Crippen molar-refractivity contribution in [1.29, 1.82) is 0 Å². The fourth-order valence-corrected chi connectivity index (χ4v) is 7.38. The van der Waals surface area contributed by atoms with Crippen molar-refractivity contribution in [1.82, 2.24) is 4.98 Å². The second-order valence-corrected chi connectivity index (χ2v) is 13.3. The van der Waals surface area contributed by atoms with Crippen LogP contribution in [0.25, 0.3) is 11.3 Å². The number of rotatable bonds is 11. The van der Waals surface area contributed by atoms with Crippen LogP contribution in [0.2, 0.25) is 20.1 Å². The number of nitrogens with one attached hydrogen (secondary N) is 2. The summed E-state index contributed by atoms with van der Waals surface area (Å²) in [6.45, 7) is 0. The lowest BCUT2D eigenvalue weighted by Gasteiger charge is -2.17. The molecule has 5 aromatic rings. The molecule has 0 aliphatic rings. The van der Waals surface area contributed by atoms with E-state index in [2.05, 4.69) is 15.6 Å². The Hall–Kier alpha value is -3.97. The molecule has 1 unspecified atom stereocenters. The van der Waals surface area contributed by atoms with Crippen LogP contribution in [-0.2, 0) is 4.79 Å². The lowest BCUT2D eigenvalue weighted by atomic mass is 10.1. The van der Waals surface area contributed by atoms with Crippen LogP contribution in [0.4, 0.5) is 10.8 Å². The largest absolute Gasteiger partial charge is 0.493 e. The number of ether oxygens (including phenoxy) is 2. The molecule has 9 nitrogen and oxygen atoms in total. The number of hydrogen-bond donors (Lipinski definition) is 3. The van der Waals surface area contributed by atoms with Gasteiger partial charge in [-0.25, -0.2) is 9.78 Å². The lowest BCUT2D eigenvalue weighted by Crippen LogP contribution is -2.19. The monoisotopic (exact) mass is 761 g/mol. The van der Waals surface area contributed by atoms with E-state index in [9.17, 15) is 19.5 Å². The van der Waals surface area contributed by atoms with E-state index in [-0.39, 0.29) is 21.0 Å². The minimum absolute atomic E-state index is 0.254. The number of nitrogens with zero attached hydrogens (tertiary/aromatic N) is 1. The van der Waals surface area contributed by atoms with E-state index in [0.29, 0.717) is 32.9 Å². The van der Waals surface area contributed by atoms with Gasteiger partial charge in [-0.1, -0.05) is 82.8 Å². The molecule has 0 bridgehead atoms. The van der Waals surface area contributed by atoms with Crippen LogP contribution in [0.15, 0.2) is 83.1 Å². The molecular formula is C33H23Cl4N3O6S2. The maximum atomic E-state index is 13.7. The second-order valence-electron chi connectivity index (χ2n) is 9.80. The Balaban J connectivity index is 1.38. The molecule has 4 aromatic carbocycles. The summed E-state index contributed by atoms with van der Waals surface area (Å²) in [6.07, 6.45) is 0. The van der Waals surface area contributed by atoms with Gasteiger partial charge < -0.3 is 25.2 Å². The number of benzene rings is 4. The fourth-order valence-electron chi connectivity index (χ4n) is 4.55. The molecule has 0 radical (unpaired) electrons. The molecule has 48 heavy (non-hydrogen) atoms. The number of thiazole rings is 1. The average Bonchev–Trinajstić information content (AvgIpc) is 3.56. The number of aromatic carboxylic acids is 1. The van der Waals surface area contributed by atoms with Crippen molar-refractivity contribution < 1.29 is 29.0 Å². The molecule has 1 heterocycles. The molecule has 0 spiro atoms. The van der Waals surface area contributed by atoms with Crippen LogP contribution in [0.5, 0.6) is 11.5 Å². The summed E-state index contributed by atoms with van der Waals surface area (Å²) >= 11 is 27.0. The SMILES string of the molecule is COc1ccc(-c2csc(NC(=O)C(Sc3cccc(NC(=O)c4c(Cl)c(Cl)c(Cl)c(Cl)c4C(=O)O)c3)c3ccccc3)n2)cc1OC. The Kier molecular flexibility index (Phi) is 11.4. The van der Waals surface area contributed by atoms with Crippen molar-refractivity contribution in [3.8, 4) is 22.8 Å². The molecule has 0 fully saturated rings. The van der Waals surface area contributed by atoms with Gasteiger partial charge >= 0.3 is 5.97 Å². The van der Waals surface area contributed by atoms with Crippen molar-refractivity contribution in [3.63, 3.8) is 0 Å². The Bertz CT molecular complexity index is 2030. The first kappa shape index (κ1) is 35.3. The number of amides is 2. The van der Waals surface area contributed by atoms with Crippen LogP contribution < -0.4 is 20.1 Å².